The summed E-state index contributed by atoms with van der Waals surface area (Å²) >= 11 is 0. The van der Waals surface area contributed by atoms with Crippen LogP contribution < -0.4 is 0 Å². The molecule has 0 aromatic rings. The SMILES string of the molecule is O=C(O)C1(C(F)(F)C2CC2)CC1. The number of carboxylic acid groups (broad SMARTS) is 1. The van der Waals surface area contributed by atoms with Crippen molar-refractivity contribution in [3.05, 3.63) is 0 Å². The van der Waals surface area contributed by atoms with Crippen LogP contribution in [0.5, 0.6) is 0 Å². The molecule has 0 aromatic carbocycles. The van der Waals surface area contributed by atoms with E-state index in [1.807, 2.05) is 0 Å². The first-order chi connectivity index (χ1) is 5.51. The van der Waals surface area contributed by atoms with Crippen molar-refractivity contribution in [1.29, 1.82) is 0 Å². The number of hydrogen-bond acceptors (Lipinski definition) is 1. The zero-order valence-corrected chi connectivity index (χ0v) is 6.52. The lowest BCUT2D eigenvalue weighted by molar-refractivity contribution is -0.165. The molecule has 68 valence electrons. The molecule has 0 aromatic heterocycles. The van der Waals surface area contributed by atoms with Crippen LogP contribution in [0.15, 0.2) is 0 Å². The molecule has 0 amide bonds. The molecule has 1 N–H and O–H groups in total. The van der Waals surface area contributed by atoms with Crippen molar-refractivity contribution in [1.82, 2.24) is 0 Å². The minimum Gasteiger partial charge on any atom is -0.481 e. The van der Waals surface area contributed by atoms with Gasteiger partial charge in [-0.3, -0.25) is 4.79 Å². The van der Waals surface area contributed by atoms with E-state index in [0.717, 1.165) is 0 Å². The van der Waals surface area contributed by atoms with Gasteiger partial charge in [0, 0.05) is 5.92 Å². The van der Waals surface area contributed by atoms with Crippen molar-refractivity contribution in [2.75, 3.05) is 0 Å². The van der Waals surface area contributed by atoms with E-state index in [4.69, 9.17) is 5.11 Å². The summed E-state index contributed by atoms with van der Waals surface area (Å²) in [5.41, 5.74) is -1.69. The largest absolute Gasteiger partial charge is 0.481 e. The molecule has 0 aliphatic heterocycles. The van der Waals surface area contributed by atoms with Gasteiger partial charge < -0.3 is 5.11 Å². The maximum Gasteiger partial charge on any atom is 0.315 e. The van der Waals surface area contributed by atoms with Gasteiger partial charge in [0.1, 0.15) is 5.41 Å². The first kappa shape index (κ1) is 7.95. The van der Waals surface area contributed by atoms with E-state index in [2.05, 4.69) is 0 Å². The molecule has 0 bridgehead atoms. The fraction of sp³-hybridized carbons (Fsp3) is 0.875. The second kappa shape index (κ2) is 1.98. The average molecular weight is 176 g/mol. The van der Waals surface area contributed by atoms with Gasteiger partial charge in [-0.25, -0.2) is 8.78 Å². The standard InChI is InChI=1S/C8H10F2O2/c9-8(10,5-1-2-5)7(3-4-7)6(11)12/h5H,1-4H2,(H,11,12). The van der Waals surface area contributed by atoms with Crippen LogP contribution in [0.3, 0.4) is 0 Å². The van der Waals surface area contributed by atoms with E-state index in [9.17, 15) is 13.6 Å². The van der Waals surface area contributed by atoms with E-state index in [-0.39, 0.29) is 12.8 Å². The zero-order valence-electron chi connectivity index (χ0n) is 6.52. The Labute approximate surface area is 68.6 Å². The average Bonchev–Trinajstić information content (AvgIpc) is 2.84. The maximum absolute atomic E-state index is 13.3. The van der Waals surface area contributed by atoms with Crippen molar-refractivity contribution < 1.29 is 18.7 Å². The molecule has 4 heteroatoms. The number of carbonyl (C=O) groups is 1. The van der Waals surface area contributed by atoms with Crippen LogP contribution in [0.4, 0.5) is 8.78 Å². The predicted molar refractivity (Wildman–Crippen MR) is 37.0 cm³/mol. The van der Waals surface area contributed by atoms with Crippen molar-refractivity contribution in [3.63, 3.8) is 0 Å². The molecule has 12 heavy (non-hydrogen) atoms. The summed E-state index contributed by atoms with van der Waals surface area (Å²) in [6, 6.07) is 0. The molecule has 2 aliphatic carbocycles. The molecule has 0 heterocycles. The Morgan fingerprint density at radius 1 is 1.42 bits per heavy atom. The van der Waals surface area contributed by atoms with Gasteiger partial charge in [-0.15, -0.1) is 0 Å². The zero-order chi connectivity index (χ0) is 8.98. The maximum atomic E-state index is 13.3. The van der Waals surface area contributed by atoms with Crippen molar-refractivity contribution in [3.8, 4) is 0 Å². The Hall–Kier alpha value is -0.670. The van der Waals surface area contributed by atoms with Crippen LogP contribution in [0.2, 0.25) is 0 Å². The fourth-order valence-corrected chi connectivity index (χ4v) is 1.65. The van der Waals surface area contributed by atoms with Gasteiger partial charge >= 0.3 is 5.97 Å². The third kappa shape index (κ3) is 0.807. The van der Waals surface area contributed by atoms with Crippen molar-refractivity contribution >= 4 is 5.97 Å². The molecule has 2 rings (SSSR count). The molecule has 0 spiro atoms. The third-order valence-corrected chi connectivity index (χ3v) is 2.89. The Morgan fingerprint density at radius 3 is 2.17 bits per heavy atom. The van der Waals surface area contributed by atoms with Gasteiger partial charge in [0.05, 0.1) is 0 Å². The highest BCUT2D eigenvalue weighted by Crippen LogP contribution is 2.64. The Bertz CT molecular complexity index is 229. The minimum atomic E-state index is -2.96. The predicted octanol–water partition coefficient (Wildman–Crippen LogP) is 1.90. The number of alkyl halides is 2. The van der Waals surface area contributed by atoms with Crippen LogP contribution >= 0.6 is 0 Å². The third-order valence-electron chi connectivity index (χ3n) is 2.89. The smallest absolute Gasteiger partial charge is 0.315 e. The Balaban J connectivity index is 2.21. The van der Waals surface area contributed by atoms with Crippen LogP contribution in [0.25, 0.3) is 0 Å². The van der Waals surface area contributed by atoms with E-state index in [1.54, 1.807) is 0 Å². The number of hydrogen-bond donors (Lipinski definition) is 1. The molecule has 2 fully saturated rings. The summed E-state index contributed by atoms with van der Waals surface area (Å²) in [5.74, 6) is -4.94. The fourth-order valence-electron chi connectivity index (χ4n) is 1.65. The van der Waals surface area contributed by atoms with E-state index in [1.165, 1.54) is 0 Å². The summed E-state index contributed by atoms with van der Waals surface area (Å²) in [5, 5.41) is 8.64. The Kier molecular flexibility index (Phi) is 1.31. The molecule has 0 saturated heterocycles. The summed E-state index contributed by atoms with van der Waals surface area (Å²) in [4.78, 5) is 10.6. The highest BCUT2D eigenvalue weighted by molar-refractivity contribution is 5.79. The van der Waals surface area contributed by atoms with Crippen LogP contribution in [-0.2, 0) is 4.79 Å². The second-order valence-electron chi connectivity index (χ2n) is 3.78. The lowest BCUT2D eigenvalue weighted by Crippen LogP contribution is -2.38. The van der Waals surface area contributed by atoms with Gasteiger partial charge in [0.25, 0.3) is 5.92 Å². The van der Waals surface area contributed by atoms with Crippen LogP contribution in [0.1, 0.15) is 25.7 Å². The van der Waals surface area contributed by atoms with Gasteiger partial charge in [-0.05, 0) is 25.7 Å². The van der Waals surface area contributed by atoms with E-state index >= 15 is 0 Å². The molecule has 2 nitrogen and oxygen atoms in total. The first-order valence-corrected chi connectivity index (χ1v) is 4.12. The summed E-state index contributed by atoms with van der Waals surface area (Å²) in [6.07, 6.45) is 1.27. The van der Waals surface area contributed by atoms with Crippen molar-refractivity contribution in [2.45, 2.75) is 31.6 Å². The van der Waals surface area contributed by atoms with Gasteiger partial charge in [0.15, 0.2) is 0 Å². The molecule has 2 aliphatic rings. The molecular formula is C8H10F2O2. The lowest BCUT2D eigenvalue weighted by atomic mass is 9.94. The summed E-state index contributed by atoms with van der Waals surface area (Å²) in [7, 11) is 0. The molecule has 0 unspecified atom stereocenters. The van der Waals surface area contributed by atoms with Gasteiger partial charge in [-0.1, -0.05) is 0 Å². The normalized spacial score (nSPS) is 26.8. The van der Waals surface area contributed by atoms with E-state index < -0.39 is 23.2 Å². The van der Waals surface area contributed by atoms with Gasteiger partial charge in [0.2, 0.25) is 0 Å². The highest BCUT2D eigenvalue weighted by atomic mass is 19.3. The van der Waals surface area contributed by atoms with E-state index in [0.29, 0.717) is 12.8 Å². The molecule has 0 atom stereocenters. The van der Waals surface area contributed by atoms with Crippen LogP contribution in [0, 0.1) is 11.3 Å². The highest BCUT2D eigenvalue weighted by Gasteiger charge is 2.71. The Morgan fingerprint density at radius 2 is 1.92 bits per heavy atom. The molecular weight excluding hydrogens is 166 g/mol. The van der Waals surface area contributed by atoms with Gasteiger partial charge in [-0.2, -0.15) is 0 Å². The summed E-state index contributed by atoms with van der Waals surface area (Å²) < 4.78 is 26.6. The minimum absolute atomic E-state index is 0.145. The quantitative estimate of drug-likeness (QED) is 0.713. The number of halogens is 2. The topological polar surface area (TPSA) is 37.3 Å². The molecule has 0 radical (unpaired) electrons. The monoisotopic (exact) mass is 176 g/mol. The first-order valence-electron chi connectivity index (χ1n) is 4.12. The number of carboxylic acids is 1. The summed E-state index contributed by atoms with van der Waals surface area (Å²) in [6.45, 7) is 0. The molecule has 2 saturated carbocycles. The number of rotatable bonds is 3. The second-order valence-corrected chi connectivity index (χ2v) is 3.78. The van der Waals surface area contributed by atoms with Crippen molar-refractivity contribution in [2.24, 2.45) is 11.3 Å². The lowest BCUT2D eigenvalue weighted by Gasteiger charge is -2.22. The van der Waals surface area contributed by atoms with Crippen LogP contribution in [-0.4, -0.2) is 17.0 Å². The number of aliphatic carboxylic acids is 1.